The third kappa shape index (κ3) is 5.16. The summed E-state index contributed by atoms with van der Waals surface area (Å²) in [6, 6.07) is 26.6. The molecule has 4 nitrogen and oxygen atoms in total. The van der Waals surface area contributed by atoms with Crippen LogP contribution >= 0.6 is 27.5 Å². The number of rotatable bonds is 6. The maximum Gasteiger partial charge on any atom is 0.217 e. The lowest BCUT2D eigenvalue weighted by Crippen LogP contribution is -2.52. The Balaban J connectivity index is 1.62. The third-order valence-electron chi connectivity index (χ3n) is 7.44. The average molecular weight is 566 g/mol. The number of halogens is 2. The average Bonchev–Trinajstić information content (AvgIpc) is 2.88. The highest BCUT2D eigenvalue weighted by Crippen LogP contribution is 2.46. The second kappa shape index (κ2) is 10.5. The molecule has 6 heteroatoms. The maximum atomic E-state index is 12.5. The number of hydrogen-bond donors (Lipinski definition) is 1. The van der Waals surface area contributed by atoms with Gasteiger partial charge in [0.25, 0.3) is 0 Å². The van der Waals surface area contributed by atoms with Crippen molar-refractivity contribution < 1.29 is 9.84 Å². The first-order valence-electron chi connectivity index (χ1n) is 12.2. The lowest BCUT2D eigenvalue weighted by Gasteiger charge is -2.47. The number of hydrogen-bond acceptors (Lipinski definition) is 4. The van der Waals surface area contributed by atoms with E-state index in [-0.39, 0.29) is 12.0 Å². The Morgan fingerprint density at radius 2 is 1.86 bits per heavy atom. The Kier molecular flexibility index (Phi) is 7.36. The Morgan fingerprint density at radius 1 is 1.11 bits per heavy atom. The van der Waals surface area contributed by atoms with Gasteiger partial charge in [-0.1, -0.05) is 70.0 Å². The second-order valence-electron chi connectivity index (χ2n) is 9.79. The van der Waals surface area contributed by atoms with E-state index in [0.29, 0.717) is 23.7 Å². The van der Waals surface area contributed by atoms with Gasteiger partial charge in [0.05, 0.1) is 18.2 Å². The SMILES string of the molecule is COc1nc2ccc(Br)cc2cc1C(c1ccc(Cl)cc1)C1(O)CCN(C)C(Cc2ccccc2)C1. The van der Waals surface area contributed by atoms with Crippen molar-refractivity contribution in [1.29, 1.82) is 0 Å². The molecular formula is C30H30BrClN2O2. The van der Waals surface area contributed by atoms with Crippen LogP contribution in [0.4, 0.5) is 0 Å². The molecular weight excluding hydrogens is 536 g/mol. The number of likely N-dealkylation sites (tertiary alicyclic amines) is 1. The number of methoxy groups -OCH3 is 1. The molecule has 0 aliphatic carbocycles. The predicted octanol–water partition coefficient (Wildman–Crippen LogP) is 6.86. The number of aliphatic hydroxyl groups is 1. The van der Waals surface area contributed by atoms with Gasteiger partial charge in [0.2, 0.25) is 5.88 Å². The van der Waals surface area contributed by atoms with Gasteiger partial charge in [0.15, 0.2) is 0 Å². The van der Waals surface area contributed by atoms with Crippen LogP contribution in [0.2, 0.25) is 5.02 Å². The maximum absolute atomic E-state index is 12.5. The van der Waals surface area contributed by atoms with Gasteiger partial charge in [-0.15, -0.1) is 0 Å². The lowest BCUT2D eigenvalue weighted by atomic mass is 9.70. The van der Waals surface area contributed by atoms with Gasteiger partial charge in [0, 0.05) is 38.9 Å². The molecule has 0 amide bonds. The van der Waals surface area contributed by atoms with Crippen molar-refractivity contribution in [2.45, 2.75) is 36.8 Å². The van der Waals surface area contributed by atoms with Crippen LogP contribution in [-0.4, -0.2) is 47.3 Å². The third-order valence-corrected chi connectivity index (χ3v) is 8.18. The molecule has 1 aromatic heterocycles. The fourth-order valence-corrected chi connectivity index (χ4v) is 6.05. The standard InChI is InChI=1S/C30H30BrClN2O2/c1-34-15-14-30(35,19-25(34)16-20-6-4-3-5-7-20)28(21-8-11-24(32)12-9-21)26-18-22-17-23(31)10-13-27(22)33-29(26)36-2/h3-13,17-18,25,28,35H,14-16,19H2,1-2H3. The van der Waals surface area contributed by atoms with E-state index in [9.17, 15) is 5.11 Å². The zero-order chi connectivity index (χ0) is 25.3. The van der Waals surface area contributed by atoms with Crippen molar-refractivity contribution >= 4 is 38.4 Å². The van der Waals surface area contributed by atoms with E-state index in [1.54, 1.807) is 7.11 Å². The molecule has 3 unspecified atom stereocenters. The molecule has 5 rings (SSSR count). The minimum Gasteiger partial charge on any atom is -0.481 e. The van der Waals surface area contributed by atoms with Gasteiger partial charge in [-0.2, -0.15) is 0 Å². The van der Waals surface area contributed by atoms with Crippen LogP contribution in [0.5, 0.6) is 5.88 Å². The van der Waals surface area contributed by atoms with E-state index in [4.69, 9.17) is 21.3 Å². The van der Waals surface area contributed by atoms with Crippen molar-refractivity contribution in [3.05, 3.63) is 105 Å². The first-order chi connectivity index (χ1) is 17.4. The van der Waals surface area contributed by atoms with Crippen LogP contribution in [0.1, 0.15) is 35.4 Å². The van der Waals surface area contributed by atoms with Crippen LogP contribution in [0, 0.1) is 0 Å². The van der Waals surface area contributed by atoms with Crippen LogP contribution in [0.15, 0.2) is 83.3 Å². The molecule has 4 aromatic rings. The number of aromatic nitrogens is 1. The van der Waals surface area contributed by atoms with Crippen molar-refractivity contribution in [1.82, 2.24) is 9.88 Å². The van der Waals surface area contributed by atoms with E-state index in [0.717, 1.165) is 39.5 Å². The Labute approximate surface area is 226 Å². The number of likely N-dealkylation sites (N-methyl/N-ethyl adjacent to an activating group) is 1. The zero-order valence-corrected chi connectivity index (χ0v) is 22.8. The molecule has 0 spiro atoms. The van der Waals surface area contributed by atoms with E-state index in [1.165, 1.54) is 5.56 Å². The quantitative estimate of drug-likeness (QED) is 0.277. The van der Waals surface area contributed by atoms with Crippen molar-refractivity contribution in [2.75, 3.05) is 20.7 Å². The highest BCUT2D eigenvalue weighted by atomic mass is 79.9. The van der Waals surface area contributed by atoms with Crippen LogP contribution in [-0.2, 0) is 6.42 Å². The topological polar surface area (TPSA) is 45.6 Å². The number of nitrogens with zero attached hydrogens (tertiary/aromatic N) is 2. The molecule has 2 heterocycles. The summed E-state index contributed by atoms with van der Waals surface area (Å²) in [4.78, 5) is 7.20. The van der Waals surface area contributed by atoms with E-state index in [1.807, 2.05) is 42.5 Å². The summed E-state index contributed by atoms with van der Waals surface area (Å²) in [6.07, 6.45) is 2.15. The summed E-state index contributed by atoms with van der Waals surface area (Å²) in [6.45, 7) is 0.799. The number of benzene rings is 3. The summed E-state index contributed by atoms with van der Waals surface area (Å²) < 4.78 is 6.80. The van der Waals surface area contributed by atoms with Crippen molar-refractivity contribution in [3.8, 4) is 5.88 Å². The predicted molar refractivity (Wildman–Crippen MR) is 150 cm³/mol. The molecule has 0 radical (unpaired) electrons. The fraction of sp³-hybridized carbons (Fsp3) is 0.300. The van der Waals surface area contributed by atoms with Gasteiger partial charge < -0.3 is 14.7 Å². The van der Waals surface area contributed by atoms with Crippen molar-refractivity contribution in [2.24, 2.45) is 0 Å². The Hall–Kier alpha value is -2.44. The normalized spacial score (nSPS) is 21.4. The highest BCUT2D eigenvalue weighted by molar-refractivity contribution is 9.10. The molecule has 0 saturated carbocycles. The monoisotopic (exact) mass is 564 g/mol. The van der Waals surface area contributed by atoms with Gasteiger partial charge >= 0.3 is 0 Å². The number of fused-ring (bicyclic) bond motifs is 1. The highest BCUT2D eigenvalue weighted by Gasteiger charge is 2.45. The van der Waals surface area contributed by atoms with E-state index >= 15 is 0 Å². The second-order valence-corrected chi connectivity index (χ2v) is 11.1. The lowest BCUT2D eigenvalue weighted by molar-refractivity contribution is -0.0517. The van der Waals surface area contributed by atoms with Gasteiger partial charge in [-0.05, 0) is 73.8 Å². The molecule has 3 atom stereocenters. The summed E-state index contributed by atoms with van der Waals surface area (Å²) in [5.41, 5.74) is 3.02. The van der Waals surface area contributed by atoms with Gasteiger partial charge in [-0.25, -0.2) is 4.98 Å². The van der Waals surface area contributed by atoms with Crippen LogP contribution < -0.4 is 4.74 Å². The summed E-state index contributed by atoms with van der Waals surface area (Å²) >= 11 is 9.85. The summed E-state index contributed by atoms with van der Waals surface area (Å²) in [5, 5.41) is 14.1. The first-order valence-corrected chi connectivity index (χ1v) is 13.4. The Morgan fingerprint density at radius 3 is 2.58 bits per heavy atom. The molecule has 1 saturated heterocycles. The molecule has 1 aliphatic heterocycles. The van der Waals surface area contributed by atoms with Crippen LogP contribution in [0.25, 0.3) is 10.9 Å². The van der Waals surface area contributed by atoms with Crippen molar-refractivity contribution in [3.63, 3.8) is 0 Å². The molecule has 1 N–H and O–H groups in total. The summed E-state index contributed by atoms with van der Waals surface area (Å²) in [5.74, 6) is 0.212. The molecule has 36 heavy (non-hydrogen) atoms. The minimum atomic E-state index is -0.992. The molecule has 1 aliphatic rings. The zero-order valence-electron chi connectivity index (χ0n) is 20.5. The van der Waals surface area contributed by atoms with E-state index < -0.39 is 5.60 Å². The molecule has 3 aromatic carbocycles. The fourth-order valence-electron chi connectivity index (χ4n) is 5.55. The summed E-state index contributed by atoms with van der Waals surface area (Å²) in [7, 11) is 3.80. The smallest absolute Gasteiger partial charge is 0.217 e. The minimum absolute atomic E-state index is 0.203. The number of piperidine rings is 1. The molecule has 186 valence electrons. The van der Waals surface area contributed by atoms with Crippen LogP contribution in [0.3, 0.4) is 0 Å². The number of ether oxygens (including phenoxy) is 1. The Bertz CT molecular complexity index is 1350. The van der Waals surface area contributed by atoms with E-state index in [2.05, 4.69) is 64.3 Å². The largest absolute Gasteiger partial charge is 0.481 e. The molecule has 1 fully saturated rings. The van der Waals surface area contributed by atoms with Gasteiger partial charge in [-0.3, -0.25) is 0 Å². The molecule has 0 bridgehead atoms. The number of pyridine rings is 1. The first kappa shape index (κ1) is 25.2. The van der Waals surface area contributed by atoms with Gasteiger partial charge in [0.1, 0.15) is 0 Å².